The van der Waals surface area contributed by atoms with Gasteiger partial charge in [0.1, 0.15) is 5.82 Å². The number of hydrogen-bond acceptors (Lipinski definition) is 3. The molecular formula is C20H22FN3O. The molecule has 4 rings (SSSR count). The van der Waals surface area contributed by atoms with Gasteiger partial charge in [-0.3, -0.25) is 14.7 Å². The minimum atomic E-state index is -0.225. The molecule has 1 aromatic carbocycles. The molecule has 0 bridgehead atoms. The van der Waals surface area contributed by atoms with Crippen LogP contribution in [0.25, 0.3) is 0 Å². The molecule has 2 heterocycles. The summed E-state index contributed by atoms with van der Waals surface area (Å²) in [5.41, 5.74) is 2.29. The number of carbonyl (C=O) groups excluding carboxylic acids is 1. The first-order valence-corrected chi connectivity index (χ1v) is 8.86. The van der Waals surface area contributed by atoms with Crippen molar-refractivity contribution in [2.24, 2.45) is 5.92 Å². The number of carbonyl (C=O) groups is 1. The summed E-state index contributed by atoms with van der Waals surface area (Å²) in [6.07, 6.45) is 4.57. The van der Waals surface area contributed by atoms with E-state index in [1.54, 1.807) is 18.3 Å². The van der Waals surface area contributed by atoms with Gasteiger partial charge in [-0.2, -0.15) is 0 Å². The molecule has 1 saturated heterocycles. The first-order chi connectivity index (χ1) is 12.2. The molecule has 1 aliphatic heterocycles. The molecule has 2 atom stereocenters. The molecule has 130 valence electrons. The van der Waals surface area contributed by atoms with Crippen LogP contribution in [0.2, 0.25) is 0 Å². The molecule has 2 fully saturated rings. The summed E-state index contributed by atoms with van der Waals surface area (Å²) in [4.78, 5) is 21.2. The van der Waals surface area contributed by atoms with Crippen molar-refractivity contribution in [3.8, 4) is 0 Å². The van der Waals surface area contributed by atoms with Crippen LogP contribution in [-0.2, 0) is 11.3 Å². The van der Waals surface area contributed by atoms with Crippen molar-refractivity contribution in [1.29, 1.82) is 0 Å². The van der Waals surface area contributed by atoms with Gasteiger partial charge in [0.2, 0.25) is 5.91 Å². The van der Waals surface area contributed by atoms with Gasteiger partial charge in [0.05, 0.1) is 0 Å². The Balaban J connectivity index is 1.28. The number of hydrogen-bond donors (Lipinski definition) is 0. The summed E-state index contributed by atoms with van der Waals surface area (Å²) >= 11 is 0. The second-order valence-corrected chi connectivity index (χ2v) is 6.96. The topological polar surface area (TPSA) is 36.4 Å². The zero-order valence-electron chi connectivity index (χ0n) is 14.1. The van der Waals surface area contributed by atoms with Crippen LogP contribution in [0.1, 0.15) is 23.5 Å². The lowest BCUT2D eigenvalue weighted by atomic mass is 10.1. The lowest BCUT2D eigenvalue weighted by Gasteiger charge is -2.35. The second kappa shape index (κ2) is 6.92. The lowest BCUT2D eigenvalue weighted by Crippen LogP contribution is -2.48. The van der Waals surface area contributed by atoms with E-state index in [1.165, 1.54) is 17.7 Å². The Bertz CT molecular complexity index is 726. The van der Waals surface area contributed by atoms with Crippen molar-refractivity contribution in [1.82, 2.24) is 14.8 Å². The molecular weight excluding hydrogens is 317 g/mol. The Hall–Kier alpha value is -2.27. The van der Waals surface area contributed by atoms with E-state index in [-0.39, 0.29) is 23.6 Å². The Morgan fingerprint density at radius 1 is 1.12 bits per heavy atom. The molecule has 0 N–H and O–H groups in total. The summed E-state index contributed by atoms with van der Waals surface area (Å²) < 4.78 is 13.0. The molecule has 0 spiro atoms. The van der Waals surface area contributed by atoms with E-state index in [0.29, 0.717) is 0 Å². The van der Waals surface area contributed by atoms with Crippen LogP contribution >= 0.6 is 0 Å². The third-order valence-corrected chi connectivity index (χ3v) is 5.22. The number of amides is 1. The van der Waals surface area contributed by atoms with Crippen LogP contribution in [0, 0.1) is 11.7 Å². The first-order valence-electron chi connectivity index (χ1n) is 8.86. The fraction of sp³-hybridized carbons (Fsp3) is 0.400. The van der Waals surface area contributed by atoms with Gasteiger partial charge in [-0.25, -0.2) is 4.39 Å². The smallest absolute Gasteiger partial charge is 0.226 e. The molecule has 4 nitrogen and oxygen atoms in total. The fourth-order valence-electron chi connectivity index (χ4n) is 3.66. The van der Waals surface area contributed by atoms with Gasteiger partial charge in [0.25, 0.3) is 0 Å². The molecule has 0 unspecified atom stereocenters. The molecule has 1 aliphatic carbocycles. The Labute approximate surface area is 147 Å². The fourth-order valence-corrected chi connectivity index (χ4v) is 3.66. The zero-order valence-corrected chi connectivity index (χ0v) is 14.1. The maximum atomic E-state index is 13.0. The predicted octanol–water partition coefficient (Wildman–Crippen LogP) is 2.67. The van der Waals surface area contributed by atoms with E-state index >= 15 is 0 Å². The average Bonchev–Trinajstić information content (AvgIpc) is 3.44. The molecule has 1 amide bonds. The van der Waals surface area contributed by atoms with Gasteiger partial charge in [-0.1, -0.05) is 18.2 Å². The van der Waals surface area contributed by atoms with E-state index < -0.39 is 0 Å². The quantitative estimate of drug-likeness (QED) is 0.859. The van der Waals surface area contributed by atoms with Crippen molar-refractivity contribution < 1.29 is 9.18 Å². The highest BCUT2D eigenvalue weighted by molar-refractivity contribution is 5.83. The number of rotatable bonds is 4. The first kappa shape index (κ1) is 16.2. The van der Waals surface area contributed by atoms with Gasteiger partial charge in [-0.05, 0) is 41.7 Å². The number of aromatic nitrogens is 1. The number of benzene rings is 1. The van der Waals surface area contributed by atoms with Gasteiger partial charge in [0.15, 0.2) is 0 Å². The molecule has 1 aromatic heterocycles. The van der Waals surface area contributed by atoms with Gasteiger partial charge in [-0.15, -0.1) is 0 Å². The molecule has 2 aromatic rings. The van der Waals surface area contributed by atoms with Crippen molar-refractivity contribution in [3.05, 3.63) is 65.7 Å². The molecule has 5 heteroatoms. The van der Waals surface area contributed by atoms with E-state index in [4.69, 9.17) is 0 Å². The third kappa shape index (κ3) is 3.71. The van der Waals surface area contributed by atoms with Crippen molar-refractivity contribution >= 4 is 5.91 Å². The van der Waals surface area contributed by atoms with Crippen LogP contribution in [0.15, 0.2) is 48.8 Å². The summed E-state index contributed by atoms with van der Waals surface area (Å²) in [6, 6.07) is 10.6. The molecule has 2 aliphatic rings. The normalized spacial score (nSPS) is 23.5. The van der Waals surface area contributed by atoms with Crippen molar-refractivity contribution in [2.45, 2.75) is 18.9 Å². The van der Waals surface area contributed by atoms with Crippen LogP contribution in [0.3, 0.4) is 0 Å². The lowest BCUT2D eigenvalue weighted by molar-refractivity contribution is -0.134. The number of halogens is 1. The highest BCUT2D eigenvalue weighted by Gasteiger charge is 2.46. The van der Waals surface area contributed by atoms with E-state index in [0.717, 1.165) is 44.7 Å². The number of pyridine rings is 1. The summed E-state index contributed by atoms with van der Waals surface area (Å²) in [7, 11) is 0. The minimum Gasteiger partial charge on any atom is -0.340 e. The van der Waals surface area contributed by atoms with E-state index in [9.17, 15) is 9.18 Å². The van der Waals surface area contributed by atoms with Gasteiger partial charge >= 0.3 is 0 Å². The Morgan fingerprint density at radius 2 is 1.88 bits per heavy atom. The summed E-state index contributed by atoms with van der Waals surface area (Å²) in [5, 5.41) is 0. The molecule has 25 heavy (non-hydrogen) atoms. The van der Waals surface area contributed by atoms with E-state index in [1.807, 2.05) is 17.2 Å². The Morgan fingerprint density at radius 3 is 2.56 bits per heavy atom. The van der Waals surface area contributed by atoms with E-state index in [2.05, 4.69) is 16.0 Å². The average molecular weight is 339 g/mol. The minimum absolute atomic E-state index is 0.0790. The maximum absolute atomic E-state index is 13.0. The molecule has 1 saturated carbocycles. The highest BCUT2D eigenvalue weighted by atomic mass is 19.1. The van der Waals surface area contributed by atoms with Gasteiger partial charge in [0, 0.05) is 51.0 Å². The zero-order chi connectivity index (χ0) is 17.2. The highest BCUT2D eigenvalue weighted by Crippen LogP contribution is 2.48. The van der Waals surface area contributed by atoms with Crippen LogP contribution < -0.4 is 0 Å². The standard InChI is InChI=1S/C20H22FN3O/c21-17-5-3-16(4-6-17)18-12-19(18)20(25)24-10-8-23(9-11-24)14-15-2-1-7-22-13-15/h1-7,13,18-19H,8-12,14H2/t18-,19-/m0/s1. The summed E-state index contributed by atoms with van der Waals surface area (Å²) in [6.45, 7) is 4.25. The second-order valence-electron chi connectivity index (χ2n) is 6.96. The monoisotopic (exact) mass is 339 g/mol. The maximum Gasteiger partial charge on any atom is 0.226 e. The van der Waals surface area contributed by atoms with Crippen molar-refractivity contribution in [2.75, 3.05) is 26.2 Å². The Kier molecular flexibility index (Phi) is 4.49. The third-order valence-electron chi connectivity index (χ3n) is 5.22. The number of nitrogens with zero attached hydrogens (tertiary/aromatic N) is 3. The largest absolute Gasteiger partial charge is 0.340 e. The van der Waals surface area contributed by atoms with Gasteiger partial charge < -0.3 is 4.90 Å². The van der Waals surface area contributed by atoms with Crippen molar-refractivity contribution in [3.63, 3.8) is 0 Å². The SMILES string of the molecule is O=C([C@H]1C[C@H]1c1ccc(F)cc1)N1CCN(Cc2cccnc2)CC1. The van der Waals surface area contributed by atoms with Crippen LogP contribution in [-0.4, -0.2) is 46.9 Å². The predicted molar refractivity (Wildman–Crippen MR) is 93.3 cm³/mol. The number of piperazine rings is 1. The van der Waals surface area contributed by atoms with Crippen LogP contribution in [0.4, 0.5) is 4.39 Å². The van der Waals surface area contributed by atoms with Crippen LogP contribution in [0.5, 0.6) is 0 Å². The summed E-state index contributed by atoms with van der Waals surface area (Å²) in [5.74, 6) is 0.379. The molecule has 0 radical (unpaired) electrons.